The lowest BCUT2D eigenvalue weighted by molar-refractivity contribution is 0.136. The molecule has 1 aromatic heterocycles. The van der Waals surface area contributed by atoms with Crippen molar-refractivity contribution in [1.29, 1.82) is 0 Å². The van der Waals surface area contributed by atoms with Crippen molar-refractivity contribution in [2.24, 2.45) is 0 Å². The number of rotatable bonds is 4. The molecule has 0 fully saturated rings. The molecule has 0 aliphatic rings. The molecule has 1 heterocycles. The summed E-state index contributed by atoms with van der Waals surface area (Å²) in [5.74, 6) is 0. The predicted octanol–water partition coefficient (Wildman–Crippen LogP) is 1.53. The molecule has 1 rings (SSSR count). The van der Waals surface area contributed by atoms with Crippen LogP contribution in [0.15, 0.2) is 17.5 Å². The van der Waals surface area contributed by atoms with Gasteiger partial charge < -0.3 is 15.2 Å². The maximum Gasteiger partial charge on any atom is 0.407 e. The molecule has 2 N–H and O–H groups in total. The monoisotopic (exact) mass is 215 g/mol. The van der Waals surface area contributed by atoms with Crippen LogP contribution in [0.5, 0.6) is 0 Å². The Morgan fingerprint density at radius 3 is 3.14 bits per heavy atom. The highest BCUT2D eigenvalue weighted by Crippen LogP contribution is 2.17. The number of thiophene rings is 1. The Bertz CT molecular complexity index is 274. The third-order valence-corrected chi connectivity index (χ3v) is 2.56. The summed E-state index contributed by atoms with van der Waals surface area (Å²) in [4.78, 5) is 11.7. The number of carbonyl (C=O) groups excluding carboxylic acids is 1. The largest absolute Gasteiger partial charge is 0.450 e. The van der Waals surface area contributed by atoms with E-state index in [0.717, 1.165) is 4.88 Å². The number of hydrogen-bond acceptors (Lipinski definition) is 4. The highest BCUT2D eigenvalue weighted by Gasteiger charge is 2.09. The van der Waals surface area contributed by atoms with Crippen molar-refractivity contribution in [1.82, 2.24) is 5.32 Å². The first-order valence-corrected chi connectivity index (χ1v) is 5.24. The molecule has 0 saturated heterocycles. The Labute approximate surface area is 86.5 Å². The van der Waals surface area contributed by atoms with Gasteiger partial charge in [-0.1, -0.05) is 6.07 Å². The van der Waals surface area contributed by atoms with E-state index in [2.05, 4.69) is 10.1 Å². The number of amides is 1. The van der Waals surface area contributed by atoms with Crippen molar-refractivity contribution >= 4 is 17.4 Å². The molecule has 0 bridgehead atoms. The zero-order chi connectivity index (χ0) is 10.4. The third kappa shape index (κ3) is 3.35. The van der Waals surface area contributed by atoms with Gasteiger partial charge in [0.05, 0.1) is 13.2 Å². The van der Waals surface area contributed by atoms with Crippen molar-refractivity contribution in [3.05, 3.63) is 22.4 Å². The van der Waals surface area contributed by atoms with Crippen LogP contribution in [0.2, 0.25) is 0 Å². The number of hydrogen-bond donors (Lipinski definition) is 2. The molecule has 0 aromatic carbocycles. The van der Waals surface area contributed by atoms with Crippen LogP contribution >= 0.6 is 11.3 Å². The van der Waals surface area contributed by atoms with Gasteiger partial charge in [-0.3, -0.25) is 0 Å². The lowest BCUT2D eigenvalue weighted by atomic mass is 10.3. The number of ether oxygens (including phenoxy) is 1. The van der Waals surface area contributed by atoms with Crippen LogP contribution in [-0.4, -0.2) is 24.4 Å². The molecular weight excluding hydrogens is 202 g/mol. The first-order chi connectivity index (χ1) is 6.74. The molecule has 1 amide bonds. The van der Waals surface area contributed by atoms with E-state index in [1.807, 2.05) is 17.5 Å². The van der Waals surface area contributed by atoms with Crippen molar-refractivity contribution in [2.75, 3.05) is 13.2 Å². The Morgan fingerprint density at radius 2 is 2.57 bits per heavy atom. The Morgan fingerprint density at radius 1 is 1.79 bits per heavy atom. The van der Waals surface area contributed by atoms with Gasteiger partial charge in [0.1, 0.15) is 6.10 Å². The molecule has 0 radical (unpaired) electrons. The average Bonchev–Trinajstić information content (AvgIpc) is 2.67. The maximum absolute atomic E-state index is 10.9. The number of carbonyl (C=O) groups is 1. The molecule has 0 aliphatic carbocycles. The van der Waals surface area contributed by atoms with E-state index in [1.54, 1.807) is 6.92 Å². The van der Waals surface area contributed by atoms with Crippen LogP contribution in [0.1, 0.15) is 17.9 Å². The molecule has 1 aromatic rings. The van der Waals surface area contributed by atoms with E-state index in [4.69, 9.17) is 0 Å². The zero-order valence-corrected chi connectivity index (χ0v) is 8.71. The fourth-order valence-electron chi connectivity index (χ4n) is 0.944. The highest BCUT2D eigenvalue weighted by molar-refractivity contribution is 7.10. The van der Waals surface area contributed by atoms with Gasteiger partial charge in [0.15, 0.2) is 0 Å². The van der Waals surface area contributed by atoms with E-state index in [0.29, 0.717) is 6.61 Å². The SMILES string of the molecule is CCOC(=O)NCC(O)c1cccs1. The molecule has 0 spiro atoms. The van der Waals surface area contributed by atoms with Crippen molar-refractivity contribution in [3.63, 3.8) is 0 Å². The van der Waals surface area contributed by atoms with Gasteiger partial charge in [0, 0.05) is 4.88 Å². The van der Waals surface area contributed by atoms with Crippen LogP contribution in [-0.2, 0) is 4.74 Å². The van der Waals surface area contributed by atoms with Gasteiger partial charge in [-0.25, -0.2) is 4.79 Å². The van der Waals surface area contributed by atoms with Crippen molar-refractivity contribution < 1.29 is 14.6 Å². The van der Waals surface area contributed by atoms with E-state index < -0.39 is 12.2 Å². The minimum atomic E-state index is -0.653. The minimum Gasteiger partial charge on any atom is -0.450 e. The summed E-state index contributed by atoms with van der Waals surface area (Å²) in [5, 5.41) is 13.9. The average molecular weight is 215 g/mol. The van der Waals surface area contributed by atoms with Crippen molar-refractivity contribution in [3.8, 4) is 0 Å². The molecule has 5 heteroatoms. The van der Waals surface area contributed by atoms with Crippen LogP contribution in [0.25, 0.3) is 0 Å². The van der Waals surface area contributed by atoms with Gasteiger partial charge in [-0.15, -0.1) is 11.3 Å². The van der Waals surface area contributed by atoms with Crippen LogP contribution < -0.4 is 5.32 Å². The summed E-state index contributed by atoms with van der Waals surface area (Å²) in [6.45, 7) is 2.25. The third-order valence-electron chi connectivity index (χ3n) is 1.59. The Hall–Kier alpha value is -1.07. The van der Waals surface area contributed by atoms with Gasteiger partial charge in [-0.05, 0) is 18.4 Å². The highest BCUT2D eigenvalue weighted by atomic mass is 32.1. The lowest BCUT2D eigenvalue weighted by Gasteiger charge is -2.09. The predicted molar refractivity (Wildman–Crippen MR) is 54.3 cm³/mol. The molecule has 1 unspecified atom stereocenters. The van der Waals surface area contributed by atoms with E-state index >= 15 is 0 Å². The van der Waals surface area contributed by atoms with E-state index in [9.17, 15) is 9.90 Å². The first kappa shape index (κ1) is 11.0. The second-order valence-corrected chi connectivity index (χ2v) is 3.61. The van der Waals surface area contributed by atoms with Crippen molar-refractivity contribution in [2.45, 2.75) is 13.0 Å². The molecule has 1 atom stereocenters. The fraction of sp³-hybridized carbons (Fsp3) is 0.444. The first-order valence-electron chi connectivity index (χ1n) is 4.36. The summed E-state index contributed by atoms with van der Waals surface area (Å²) in [5.41, 5.74) is 0. The van der Waals surface area contributed by atoms with Crippen LogP contribution in [0.3, 0.4) is 0 Å². The Balaban J connectivity index is 2.28. The fourth-order valence-corrected chi connectivity index (χ4v) is 1.66. The molecule has 0 aliphatic heterocycles. The number of aliphatic hydroxyl groups excluding tert-OH is 1. The molecule has 78 valence electrons. The van der Waals surface area contributed by atoms with E-state index in [-0.39, 0.29) is 6.54 Å². The van der Waals surface area contributed by atoms with Gasteiger partial charge in [0.2, 0.25) is 0 Å². The zero-order valence-electron chi connectivity index (χ0n) is 7.90. The number of aliphatic hydroxyl groups is 1. The molecular formula is C9H13NO3S. The smallest absolute Gasteiger partial charge is 0.407 e. The topological polar surface area (TPSA) is 58.6 Å². The van der Waals surface area contributed by atoms with Gasteiger partial charge >= 0.3 is 6.09 Å². The lowest BCUT2D eigenvalue weighted by Crippen LogP contribution is -2.28. The second-order valence-electron chi connectivity index (χ2n) is 2.63. The minimum absolute atomic E-state index is 0.180. The standard InChI is InChI=1S/C9H13NO3S/c1-2-13-9(12)10-6-7(11)8-4-3-5-14-8/h3-5,7,11H,2,6H2,1H3,(H,10,12). The summed E-state index contributed by atoms with van der Waals surface area (Å²) in [7, 11) is 0. The normalized spacial score (nSPS) is 12.1. The summed E-state index contributed by atoms with van der Waals surface area (Å²) in [6, 6.07) is 3.68. The quantitative estimate of drug-likeness (QED) is 0.800. The van der Waals surface area contributed by atoms with E-state index in [1.165, 1.54) is 11.3 Å². The Kier molecular flexibility index (Phi) is 4.42. The van der Waals surface area contributed by atoms with Gasteiger partial charge in [-0.2, -0.15) is 0 Å². The summed E-state index contributed by atoms with van der Waals surface area (Å²) < 4.78 is 4.65. The second kappa shape index (κ2) is 5.62. The summed E-state index contributed by atoms with van der Waals surface area (Å²) in [6.07, 6.45) is -1.15. The van der Waals surface area contributed by atoms with Crippen LogP contribution in [0, 0.1) is 0 Å². The summed E-state index contributed by atoms with van der Waals surface area (Å²) >= 11 is 1.45. The molecule has 4 nitrogen and oxygen atoms in total. The number of alkyl carbamates (subject to hydrolysis) is 1. The molecule has 0 saturated carbocycles. The maximum atomic E-state index is 10.9. The molecule has 14 heavy (non-hydrogen) atoms. The number of nitrogens with one attached hydrogen (secondary N) is 1. The van der Waals surface area contributed by atoms with Gasteiger partial charge in [0.25, 0.3) is 0 Å². The van der Waals surface area contributed by atoms with Crippen LogP contribution in [0.4, 0.5) is 4.79 Å².